The topological polar surface area (TPSA) is 136 Å². The molecule has 0 spiro atoms. The molecule has 0 bridgehead atoms. The summed E-state index contributed by atoms with van der Waals surface area (Å²) in [6.45, 7) is 23.6. The molecule has 3 rings (SSSR count). The summed E-state index contributed by atoms with van der Waals surface area (Å²) in [5, 5.41) is 23.3. The summed E-state index contributed by atoms with van der Waals surface area (Å²) in [6.07, 6.45) is -1.01. The zero-order valence-corrected chi connectivity index (χ0v) is 30.1. The molecule has 9 heteroatoms. The van der Waals surface area contributed by atoms with E-state index in [2.05, 4.69) is 0 Å². The van der Waals surface area contributed by atoms with Crippen molar-refractivity contribution in [2.24, 2.45) is 17.8 Å². The highest BCUT2D eigenvalue weighted by Gasteiger charge is 2.57. The van der Waals surface area contributed by atoms with Crippen molar-refractivity contribution in [3.8, 4) is 0 Å². The second kappa shape index (κ2) is 14.6. The average Bonchev–Trinajstić information content (AvgIpc) is 3.01. The summed E-state index contributed by atoms with van der Waals surface area (Å²) in [5.74, 6) is -3.58. The number of carbonyl (C=O) groups excluding carboxylic acids is 1. The first-order chi connectivity index (χ1) is 21.3. The van der Waals surface area contributed by atoms with E-state index in [1.54, 1.807) is 41.5 Å². The highest BCUT2D eigenvalue weighted by Crippen LogP contribution is 2.49. The van der Waals surface area contributed by atoms with E-state index >= 15 is 0 Å². The van der Waals surface area contributed by atoms with Crippen molar-refractivity contribution in [1.29, 1.82) is 0 Å². The Morgan fingerprint density at radius 2 is 1.41 bits per heavy atom. The van der Waals surface area contributed by atoms with Crippen molar-refractivity contribution in [1.82, 2.24) is 0 Å². The van der Waals surface area contributed by atoms with Crippen LogP contribution in [0.1, 0.15) is 138 Å². The van der Waals surface area contributed by atoms with Crippen LogP contribution in [0.15, 0.2) is 18.4 Å². The molecule has 0 aliphatic carbocycles. The third kappa shape index (κ3) is 6.92. The summed E-state index contributed by atoms with van der Waals surface area (Å²) in [4.78, 5) is 39.8. The molecule has 9 nitrogen and oxygen atoms in total. The lowest BCUT2D eigenvalue weighted by atomic mass is 9.72. The molecule has 5 unspecified atom stereocenters. The Labute approximate surface area is 273 Å². The van der Waals surface area contributed by atoms with Crippen LogP contribution >= 0.6 is 0 Å². The second-order valence-corrected chi connectivity index (χ2v) is 14.0. The van der Waals surface area contributed by atoms with Crippen LogP contribution in [0, 0.1) is 45.4 Å². The van der Waals surface area contributed by atoms with Crippen LogP contribution in [0.5, 0.6) is 0 Å². The molecule has 0 radical (unpaired) electrons. The van der Waals surface area contributed by atoms with Gasteiger partial charge < -0.3 is 28.5 Å². The van der Waals surface area contributed by atoms with E-state index in [4.69, 9.17) is 18.3 Å². The van der Waals surface area contributed by atoms with Gasteiger partial charge in [-0.2, -0.15) is 0 Å². The molecule has 258 valence electrons. The SMILES string of the molecule is CCc1oc(C(C)C2O[C@](O)(C(C)c3oc(C(C)C(O)CC)c(C)c(=O)c3C)[C@@H](C)[C@@H](OC(=O)CC(C)C)[C@@H]2C)c(C)c(=O)c1C. The number of aliphatic hydroxyl groups is 2. The van der Waals surface area contributed by atoms with Crippen molar-refractivity contribution in [2.45, 2.75) is 151 Å². The van der Waals surface area contributed by atoms with E-state index in [9.17, 15) is 24.6 Å². The summed E-state index contributed by atoms with van der Waals surface area (Å²) in [6, 6.07) is 0. The molecule has 0 saturated carbocycles. The van der Waals surface area contributed by atoms with Crippen LogP contribution in [0.4, 0.5) is 0 Å². The van der Waals surface area contributed by atoms with Gasteiger partial charge in [-0.3, -0.25) is 14.4 Å². The van der Waals surface area contributed by atoms with E-state index < -0.39 is 53.7 Å². The van der Waals surface area contributed by atoms with Gasteiger partial charge in [0.25, 0.3) is 0 Å². The van der Waals surface area contributed by atoms with Gasteiger partial charge >= 0.3 is 5.97 Å². The Morgan fingerprint density at radius 3 is 1.96 bits per heavy atom. The maximum absolute atomic E-state index is 13.5. The van der Waals surface area contributed by atoms with Gasteiger partial charge in [0.05, 0.1) is 18.1 Å². The Hall–Kier alpha value is -2.75. The summed E-state index contributed by atoms with van der Waals surface area (Å²) in [5.41, 5.74) is 1.45. The molecule has 2 N–H and O–H groups in total. The van der Waals surface area contributed by atoms with Gasteiger partial charge in [0.1, 0.15) is 29.1 Å². The van der Waals surface area contributed by atoms with E-state index in [-0.39, 0.29) is 34.9 Å². The number of rotatable bonds is 11. The minimum atomic E-state index is -1.96. The monoisotopic (exact) mass is 644 g/mol. The quantitative estimate of drug-likeness (QED) is 0.263. The van der Waals surface area contributed by atoms with Crippen LogP contribution in [0.2, 0.25) is 0 Å². The number of hydrogen-bond donors (Lipinski definition) is 2. The Morgan fingerprint density at radius 1 is 0.870 bits per heavy atom. The molecular formula is C37H56O9. The van der Waals surface area contributed by atoms with Crippen molar-refractivity contribution in [3.05, 3.63) is 65.7 Å². The predicted octanol–water partition coefficient (Wildman–Crippen LogP) is 6.49. The molecule has 1 aliphatic rings. The maximum Gasteiger partial charge on any atom is 0.306 e. The van der Waals surface area contributed by atoms with Crippen LogP contribution in [-0.4, -0.2) is 40.3 Å². The third-order valence-electron chi connectivity index (χ3n) is 10.3. The molecule has 1 saturated heterocycles. The maximum atomic E-state index is 13.5. The highest BCUT2D eigenvalue weighted by atomic mass is 16.6. The Kier molecular flexibility index (Phi) is 11.9. The van der Waals surface area contributed by atoms with Gasteiger partial charge in [0.15, 0.2) is 16.6 Å². The van der Waals surface area contributed by atoms with Gasteiger partial charge in [0, 0.05) is 58.8 Å². The van der Waals surface area contributed by atoms with E-state index in [1.165, 1.54) is 0 Å². The average molecular weight is 645 g/mol. The summed E-state index contributed by atoms with van der Waals surface area (Å²) in [7, 11) is 0. The van der Waals surface area contributed by atoms with E-state index in [0.717, 1.165) is 0 Å². The van der Waals surface area contributed by atoms with Gasteiger partial charge in [-0.25, -0.2) is 0 Å². The molecule has 0 amide bonds. The fraction of sp³-hybridized carbons (Fsp3) is 0.703. The molecule has 1 aliphatic heterocycles. The van der Waals surface area contributed by atoms with Crippen molar-refractivity contribution < 1.29 is 33.3 Å². The van der Waals surface area contributed by atoms with Crippen LogP contribution in [0.3, 0.4) is 0 Å². The standard InChI is InChI=1S/C37H56O9/c1-14-27(38)18(5)32-21(8)31(41)22(9)35(45-32)25(12)37(42)26(13)36(44-29(39)16-17(3)4)24(11)34(46-37)23(10)33-20(7)30(40)19(6)28(15-2)43-33/h17-18,23-27,34,36,38,42H,14-16H2,1-13H3/t18?,23?,24-,25?,26+,27?,34?,36+,37-/m1/s1. The largest absolute Gasteiger partial charge is 0.465 e. The molecule has 9 atom stereocenters. The van der Waals surface area contributed by atoms with Gasteiger partial charge in [-0.1, -0.05) is 62.3 Å². The lowest BCUT2D eigenvalue weighted by Crippen LogP contribution is -2.61. The highest BCUT2D eigenvalue weighted by molar-refractivity contribution is 5.69. The fourth-order valence-corrected chi connectivity index (χ4v) is 7.17. The zero-order valence-electron chi connectivity index (χ0n) is 30.1. The third-order valence-corrected chi connectivity index (χ3v) is 10.3. The number of ether oxygens (including phenoxy) is 2. The van der Waals surface area contributed by atoms with Crippen molar-refractivity contribution in [2.75, 3.05) is 0 Å². The lowest BCUT2D eigenvalue weighted by Gasteiger charge is -2.52. The minimum absolute atomic E-state index is 0.0748. The zero-order chi connectivity index (χ0) is 35.0. The number of esters is 1. The first-order valence-electron chi connectivity index (χ1n) is 16.9. The minimum Gasteiger partial charge on any atom is -0.465 e. The number of carbonyl (C=O) groups is 1. The van der Waals surface area contributed by atoms with Gasteiger partial charge in [-0.05, 0) is 40.0 Å². The molecule has 2 aromatic rings. The first-order valence-corrected chi connectivity index (χ1v) is 16.9. The second-order valence-electron chi connectivity index (χ2n) is 14.0. The van der Waals surface area contributed by atoms with Crippen LogP contribution in [-0.2, 0) is 20.7 Å². The molecule has 1 fully saturated rings. The van der Waals surface area contributed by atoms with Crippen molar-refractivity contribution >= 4 is 5.97 Å². The summed E-state index contributed by atoms with van der Waals surface area (Å²) >= 11 is 0. The number of aliphatic hydroxyl groups excluding tert-OH is 1. The number of hydrogen-bond acceptors (Lipinski definition) is 9. The Bertz CT molecular complexity index is 1520. The van der Waals surface area contributed by atoms with Crippen molar-refractivity contribution in [3.63, 3.8) is 0 Å². The van der Waals surface area contributed by atoms with E-state index in [1.807, 2.05) is 48.5 Å². The van der Waals surface area contributed by atoms with Gasteiger partial charge in [0.2, 0.25) is 0 Å². The molecular weight excluding hydrogens is 588 g/mol. The first kappa shape index (κ1) is 37.7. The normalized spacial score (nSPS) is 26.1. The smallest absolute Gasteiger partial charge is 0.306 e. The Balaban J connectivity index is 2.22. The molecule has 46 heavy (non-hydrogen) atoms. The molecule has 3 heterocycles. The van der Waals surface area contributed by atoms with Gasteiger partial charge in [-0.15, -0.1) is 0 Å². The predicted molar refractivity (Wildman–Crippen MR) is 177 cm³/mol. The van der Waals surface area contributed by atoms with Crippen LogP contribution < -0.4 is 10.9 Å². The molecule has 0 aromatic carbocycles. The fourth-order valence-electron chi connectivity index (χ4n) is 7.17. The lowest BCUT2D eigenvalue weighted by molar-refractivity contribution is -0.331. The molecule has 2 aromatic heterocycles. The number of aryl methyl sites for hydroxylation is 1. The van der Waals surface area contributed by atoms with E-state index in [0.29, 0.717) is 52.4 Å². The van der Waals surface area contributed by atoms with Crippen LogP contribution in [0.25, 0.3) is 0 Å². The summed E-state index contributed by atoms with van der Waals surface area (Å²) < 4.78 is 25.6.